The highest BCUT2D eigenvalue weighted by Crippen LogP contribution is 2.74. The average molecular weight is 428 g/mol. The quantitative estimate of drug-likeness (QED) is 0.376. The van der Waals surface area contributed by atoms with Gasteiger partial charge in [-0.2, -0.15) is 0 Å². The number of cyclic esters (lactones) is 2. The second-order valence-corrected chi connectivity index (χ2v) is 12.1. The minimum Gasteiger partial charge on any atom is -0.393 e. The van der Waals surface area contributed by atoms with Gasteiger partial charge in [-0.1, -0.05) is 45.8 Å². The van der Waals surface area contributed by atoms with Crippen LogP contribution in [0.2, 0.25) is 0 Å². The predicted molar refractivity (Wildman–Crippen MR) is 117 cm³/mol. The molecule has 0 radical (unpaired) electrons. The first-order valence-corrected chi connectivity index (χ1v) is 12.2. The van der Waals surface area contributed by atoms with Gasteiger partial charge < -0.3 is 9.64 Å². The predicted octanol–water partition coefficient (Wildman–Crippen LogP) is 4.22. The van der Waals surface area contributed by atoms with Gasteiger partial charge in [0.25, 0.3) is 0 Å². The molecule has 0 aromatic heterocycles. The molecule has 5 heteroatoms. The smallest absolute Gasteiger partial charge is 0.318 e. The van der Waals surface area contributed by atoms with Crippen molar-refractivity contribution >= 4 is 17.8 Å². The van der Waals surface area contributed by atoms with Crippen LogP contribution in [0.5, 0.6) is 0 Å². The molecule has 2 bridgehead atoms. The van der Waals surface area contributed by atoms with Crippen molar-refractivity contribution < 1.29 is 19.1 Å². The third-order valence-corrected chi connectivity index (χ3v) is 10.3. The molecule has 6 rings (SSSR count). The largest absolute Gasteiger partial charge is 0.393 e. The van der Waals surface area contributed by atoms with Gasteiger partial charge in [0, 0.05) is 24.9 Å². The number of carbonyl (C=O) groups is 3. The fourth-order valence-electron chi connectivity index (χ4n) is 9.27. The monoisotopic (exact) mass is 427 g/mol. The fraction of sp³-hybridized carbons (Fsp3) is 0.808. The highest BCUT2D eigenvalue weighted by atomic mass is 16.6. The summed E-state index contributed by atoms with van der Waals surface area (Å²) in [5.74, 6) is 0.107. The second kappa shape index (κ2) is 6.45. The SMILES string of the molecule is CC(C)C1=CC23CCC4C(C)(C(=O)N(C)C)CCCC4(C)C2CC1C1C(=O)OC(=O)C13. The summed E-state index contributed by atoms with van der Waals surface area (Å²) in [5, 5.41) is 0. The lowest BCUT2D eigenvalue weighted by Crippen LogP contribution is -2.65. The minimum atomic E-state index is -0.356. The third kappa shape index (κ3) is 2.47. The van der Waals surface area contributed by atoms with Crippen LogP contribution in [0.3, 0.4) is 0 Å². The third-order valence-electron chi connectivity index (χ3n) is 10.3. The highest BCUT2D eigenvalue weighted by molar-refractivity contribution is 5.98. The minimum absolute atomic E-state index is 0.00886. The molecule has 3 saturated carbocycles. The van der Waals surface area contributed by atoms with Crippen molar-refractivity contribution in [2.75, 3.05) is 14.1 Å². The van der Waals surface area contributed by atoms with E-state index in [0.717, 1.165) is 38.5 Å². The van der Waals surface area contributed by atoms with E-state index in [2.05, 4.69) is 33.8 Å². The van der Waals surface area contributed by atoms with E-state index in [-0.39, 0.29) is 51.8 Å². The van der Waals surface area contributed by atoms with Crippen LogP contribution in [0.4, 0.5) is 0 Å². The number of hydrogen-bond acceptors (Lipinski definition) is 4. The van der Waals surface area contributed by atoms with E-state index >= 15 is 0 Å². The van der Waals surface area contributed by atoms with Gasteiger partial charge in [0.05, 0.1) is 11.8 Å². The Labute approximate surface area is 186 Å². The first-order chi connectivity index (χ1) is 14.5. The summed E-state index contributed by atoms with van der Waals surface area (Å²) in [5.41, 5.74) is 0.692. The number of nitrogens with zero attached hydrogens (tertiary/aromatic N) is 1. The molecule has 5 aliphatic carbocycles. The molecule has 31 heavy (non-hydrogen) atoms. The van der Waals surface area contributed by atoms with Gasteiger partial charge in [-0.3, -0.25) is 14.4 Å². The Bertz CT molecular complexity index is 890. The van der Waals surface area contributed by atoms with Gasteiger partial charge in [-0.15, -0.1) is 0 Å². The standard InChI is InChI=1S/C26H37NO4/c1-14(2)16-13-26-11-8-17-24(3,9-7-10-25(17,4)23(30)27(5)6)18(26)12-15(16)19-20(26)22(29)31-21(19)28/h13-15,17-20H,7-12H2,1-6H3. The molecular weight excluding hydrogens is 390 g/mol. The number of hydrogen-bond donors (Lipinski definition) is 0. The Morgan fingerprint density at radius 3 is 2.45 bits per heavy atom. The topological polar surface area (TPSA) is 63.7 Å². The van der Waals surface area contributed by atoms with Gasteiger partial charge in [-0.05, 0) is 61.2 Å². The lowest BCUT2D eigenvalue weighted by Gasteiger charge is -2.68. The molecule has 1 saturated heterocycles. The van der Waals surface area contributed by atoms with Crippen molar-refractivity contribution in [3.63, 3.8) is 0 Å². The molecule has 8 unspecified atom stereocenters. The number of rotatable bonds is 2. The van der Waals surface area contributed by atoms with E-state index in [1.54, 1.807) is 4.90 Å². The molecule has 5 nitrogen and oxygen atoms in total. The van der Waals surface area contributed by atoms with E-state index in [1.807, 2.05) is 14.1 Å². The van der Waals surface area contributed by atoms with Crippen LogP contribution in [0.25, 0.3) is 0 Å². The molecule has 1 heterocycles. The van der Waals surface area contributed by atoms with Crippen LogP contribution in [0, 0.1) is 51.8 Å². The fourth-order valence-corrected chi connectivity index (χ4v) is 9.27. The summed E-state index contributed by atoms with van der Waals surface area (Å²) in [6.45, 7) is 8.98. The zero-order valence-electron chi connectivity index (χ0n) is 19.9. The number of ether oxygens (including phenoxy) is 1. The van der Waals surface area contributed by atoms with Gasteiger partial charge in [-0.25, -0.2) is 0 Å². The summed E-state index contributed by atoms with van der Waals surface area (Å²) in [6.07, 6.45) is 8.26. The summed E-state index contributed by atoms with van der Waals surface area (Å²) < 4.78 is 5.27. The zero-order chi connectivity index (χ0) is 22.5. The van der Waals surface area contributed by atoms with Crippen molar-refractivity contribution in [2.24, 2.45) is 51.8 Å². The van der Waals surface area contributed by atoms with Gasteiger partial charge in [0.1, 0.15) is 0 Å². The summed E-state index contributed by atoms with van der Waals surface area (Å²) >= 11 is 0. The molecule has 4 fully saturated rings. The Hall–Kier alpha value is -1.65. The maximum atomic E-state index is 13.3. The summed E-state index contributed by atoms with van der Waals surface area (Å²) in [7, 11) is 3.74. The summed E-state index contributed by atoms with van der Waals surface area (Å²) in [6, 6.07) is 0. The van der Waals surface area contributed by atoms with Crippen molar-refractivity contribution in [3.8, 4) is 0 Å². The molecular formula is C26H37NO4. The van der Waals surface area contributed by atoms with Gasteiger partial charge >= 0.3 is 11.9 Å². The molecule has 0 N–H and O–H groups in total. The second-order valence-electron chi connectivity index (χ2n) is 12.1. The van der Waals surface area contributed by atoms with Crippen LogP contribution < -0.4 is 0 Å². The van der Waals surface area contributed by atoms with Crippen molar-refractivity contribution in [1.82, 2.24) is 4.90 Å². The Balaban J connectivity index is 1.64. The highest BCUT2D eigenvalue weighted by Gasteiger charge is 2.73. The number of amides is 1. The van der Waals surface area contributed by atoms with E-state index in [4.69, 9.17) is 4.74 Å². The van der Waals surface area contributed by atoms with Crippen molar-refractivity contribution in [3.05, 3.63) is 11.6 Å². The normalized spacial score (nSPS) is 48.0. The lowest BCUT2D eigenvalue weighted by molar-refractivity contribution is -0.190. The van der Waals surface area contributed by atoms with Gasteiger partial charge in [0.2, 0.25) is 5.91 Å². The molecule has 6 aliphatic rings. The number of carbonyl (C=O) groups excluding carboxylic acids is 3. The maximum Gasteiger partial charge on any atom is 0.318 e. The van der Waals surface area contributed by atoms with E-state index in [0.29, 0.717) is 17.8 Å². The lowest BCUT2D eigenvalue weighted by atomic mass is 9.34. The van der Waals surface area contributed by atoms with E-state index in [9.17, 15) is 14.4 Å². The zero-order valence-corrected chi connectivity index (χ0v) is 19.9. The Morgan fingerprint density at radius 1 is 1.10 bits per heavy atom. The molecule has 0 aromatic rings. The van der Waals surface area contributed by atoms with E-state index < -0.39 is 0 Å². The molecule has 1 spiro atoms. The Morgan fingerprint density at radius 2 is 1.81 bits per heavy atom. The first kappa shape index (κ1) is 21.2. The van der Waals surface area contributed by atoms with Crippen LogP contribution in [-0.2, 0) is 19.1 Å². The van der Waals surface area contributed by atoms with Crippen LogP contribution in [0.15, 0.2) is 11.6 Å². The van der Waals surface area contributed by atoms with Crippen molar-refractivity contribution in [1.29, 1.82) is 0 Å². The number of fused-ring (bicyclic) bond motifs is 1. The van der Waals surface area contributed by atoms with E-state index in [1.165, 1.54) is 5.57 Å². The molecule has 8 atom stereocenters. The van der Waals surface area contributed by atoms with Gasteiger partial charge in [0.15, 0.2) is 0 Å². The first-order valence-electron chi connectivity index (χ1n) is 12.2. The number of allylic oxidation sites excluding steroid dienone is 2. The molecule has 0 aromatic carbocycles. The molecule has 1 aliphatic heterocycles. The van der Waals surface area contributed by atoms with Crippen molar-refractivity contribution in [2.45, 2.75) is 66.2 Å². The molecule has 170 valence electrons. The Kier molecular flexibility index (Phi) is 4.41. The average Bonchev–Trinajstić information content (AvgIpc) is 3.02. The van der Waals surface area contributed by atoms with Crippen LogP contribution in [-0.4, -0.2) is 36.8 Å². The van der Waals surface area contributed by atoms with Crippen LogP contribution in [0.1, 0.15) is 66.2 Å². The van der Waals surface area contributed by atoms with Crippen LogP contribution >= 0.6 is 0 Å². The maximum absolute atomic E-state index is 13.3. The summed E-state index contributed by atoms with van der Waals surface area (Å²) in [4.78, 5) is 40.9. The molecule has 1 amide bonds. The number of esters is 2.